The number of aromatic amines is 1. The number of rotatable bonds is 45. The highest BCUT2D eigenvalue weighted by Crippen LogP contribution is 2.28. The van der Waals surface area contributed by atoms with Gasteiger partial charge in [-0.15, -0.1) is 0 Å². The molecule has 1 aliphatic heterocycles. The number of amides is 9. The first kappa shape index (κ1) is 93.5. The number of carboxylic acid groups (broad SMARTS) is 5. The Hall–Kier alpha value is -11.4. The summed E-state index contributed by atoms with van der Waals surface area (Å²) >= 11 is 0. The van der Waals surface area contributed by atoms with Crippen molar-refractivity contribution in [2.24, 2.45) is 23.5 Å². The molecule has 22 N–H and O–H groups in total. The van der Waals surface area contributed by atoms with Crippen LogP contribution in [-0.4, -0.2) is 308 Å². The molecule has 3 unspecified atom stereocenters. The van der Waals surface area contributed by atoms with E-state index in [1.165, 1.54) is 24.3 Å². The van der Waals surface area contributed by atoms with Gasteiger partial charge in [-0.3, -0.25) is 87.3 Å². The minimum atomic E-state index is -1.89. The highest BCUT2D eigenvalue weighted by molar-refractivity contribution is 5.99. The normalized spacial score (nSPS) is 16.6. The molecule has 0 spiro atoms. The number of carbonyl (C=O) groups excluding carboxylic acids is 9. The van der Waals surface area contributed by atoms with Crippen molar-refractivity contribution in [2.75, 3.05) is 105 Å². The lowest BCUT2D eigenvalue weighted by Crippen LogP contribution is -2.61. The first-order chi connectivity index (χ1) is 55.2. The monoisotopic (exact) mass is 1630 g/mol. The number of fused-ring (bicyclic) bond motifs is 1. The van der Waals surface area contributed by atoms with Crippen molar-refractivity contribution >= 4 is 99.9 Å². The number of guanidine groups is 1. The SMILES string of the molecule is CC(C)C[C@@H](NC(=O)[C@H](Cc1ccc(O)cc1)NC(=O)C(CCCNC(=N)N)NC(=O)C(CO)NC(=O)C(Cc1ccccc1)NC(=O)[C@H](CC1CCCCC1)NC(=O)[C@H](CNC(=O)CN1CCN(CC(=O)O)CCN(CC(=O)O)CCN(CC(=O)O)CC1)CC(=O)O)C(=O)N[C@@H](Cc1c[nH]c2ccccc12)C(=O)N[C@@H](CO)C(=O)O. The van der Waals surface area contributed by atoms with E-state index in [0.29, 0.717) is 40.4 Å². The summed E-state index contributed by atoms with van der Waals surface area (Å²) in [4.78, 5) is 200. The molecule has 4 aromatic rings. The molecule has 3 aromatic carbocycles. The molecule has 1 saturated carbocycles. The van der Waals surface area contributed by atoms with E-state index < -0.39 is 182 Å². The third-order valence-electron chi connectivity index (χ3n) is 19.9. The first-order valence-corrected chi connectivity index (χ1v) is 38.6. The fourth-order valence-corrected chi connectivity index (χ4v) is 13.7. The fraction of sp³-hybridized carbons (Fsp3) is 0.545. The zero-order valence-electron chi connectivity index (χ0n) is 65.1. The van der Waals surface area contributed by atoms with Crippen LogP contribution in [0.4, 0.5) is 0 Å². The average Bonchev–Trinajstić information content (AvgIpc) is 1.61. The Kier molecular flexibility index (Phi) is 38.8. The first-order valence-electron chi connectivity index (χ1n) is 38.6. The van der Waals surface area contributed by atoms with E-state index >= 15 is 0 Å². The summed E-state index contributed by atoms with van der Waals surface area (Å²) in [6.45, 7) is -0.0935. The maximum Gasteiger partial charge on any atom is 0.328 e. The highest BCUT2D eigenvalue weighted by Gasteiger charge is 2.38. The van der Waals surface area contributed by atoms with E-state index in [2.05, 4.69) is 58.2 Å². The van der Waals surface area contributed by atoms with Gasteiger partial charge in [-0.1, -0.05) is 107 Å². The number of nitrogens with one attached hydrogen (secondary N) is 12. The number of para-hydroxylation sites is 1. The summed E-state index contributed by atoms with van der Waals surface area (Å²) < 4.78 is 0. The number of phenolic OH excluding ortho intramolecular Hbond substituents is 1. The van der Waals surface area contributed by atoms with Crippen molar-refractivity contribution in [1.82, 2.24) is 77.8 Å². The second kappa shape index (κ2) is 48.1. The molecule has 6 rings (SSSR count). The Labute approximate surface area is 669 Å². The molecule has 1 saturated heterocycles. The minimum absolute atomic E-state index is 0.00330. The maximum atomic E-state index is 15.0. The lowest BCUT2D eigenvalue weighted by atomic mass is 9.84. The third kappa shape index (κ3) is 33.2. The van der Waals surface area contributed by atoms with Crippen LogP contribution in [0.2, 0.25) is 0 Å². The van der Waals surface area contributed by atoms with E-state index in [1.807, 2.05) is 0 Å². The molecular weight excluding hydrogens is 1510 g/mol. The van der Waals surface area contributed by atoms with Gasteiger partial charge in [0.25, 0.3) is 0 Å². The predicted molar refractivity (Wildman–Crippen MR) is 418 cm³/mol. The van der Waals surface area contributed by atoms with E-state index in [0.717, 1.165) is 19.3 Å². The van der Waals surface area contributed by atoms with Crippen molar-refractivity contribution in [1.29, 1.82) is 5.41 Å². The van der Waals surface area contributed by atoms with Crippen LogP contribution in [0.5, 0.6) is 5.75 Å². The van der Waals surface area contributed by atoms with Crippen LogP contribution in [0.1, 0.15) is 94.7 Å². The molecule has 9 atom stereocenters. The smallest absolute Gasteiger partial charge is 0.328 e. The molecule has 636 valence electrons. The summed E-state index contributed by atoms with van der Waals surface area (Å²) in [7, 11) is 0. The fourth-order valence-electron chi connectivity index (χ4n) is 13.7. The van der Waals surface area contributed by atoms with E-state index in [4.69, 9.17) is 11.1 Å². The van der Waals surface area contributed by atoms with Gasteiger partial charge >= 0.3 is 29.8 Å². The maximum absolute atomic E-state index is 15.0. The number of phenols is 1. The zero-order valence-corrected chi connectivity index (χ0v) is 65.1. The number of hydrogen-bond donors (Lipinski definition) is 21. The van der Waals surface area contributed by atoms with Crippen molar-refractivity contribution in [3.63, 3.8) is 0 Å². The zero-order chi connectivity index (χ0) is 85.0. The number of aromatic nitrogens is 1. The summed E-state index contributed by atoms with van der Waals surface area (Å²) in [6.07, 6.45) is 3.39. The van der Waals surface area contributed by atoms with Gasteiger partial charge in [0.05, 0.1) is 51.7 Å². The summed E-state index contributed by atoms with van der Waals surface area (Å²) in [5.74, 6) is -17.7. The molecular formula is C77H111N17O22. The molecule has 1 aliphatic carbocycles. The standard InChI is InChI=1S/C77H111N17O22/c1-46(2)32-56(70(109)88-60(74(113)90-62(45-96)76(115)116)36-50-38-81-54-17-10-9-16-53(50)54)85-72(111)59(35-49-19-21-52(97)22-20-49)86-69(108)55(18-11-23-80-77(78)79)83-75(114)61(44-95)89-73(112)58(34-48-14-7-4-8-15-48)87-71(110)57(33-47-12-5-3-6-13-47)84-68(107)51(37-64(99)100)39-82-63(98)40-91-24-26-92(41-65(101)102)28-30-94(43-67(105)106)31-29-93(27-25-91)42-66(103)104/h4,7-10,14-17,19-22,38,46-47,51,55-62,81,95-97H,3,5-6,11-13,18,23-37,39-45H2,1-2H3,(H,82,98)(H,83,114)(H,84,107)(H,85,111)(H,86,108)(H,87,110)(H,88,109)(H,89,112)(H,90,113)(H,99,100)(H,101,102)(H,103,104)(H,105,106)(H,115,116)(H4,78,79,80)/t51-,55?,56+,57-,58?,59-,60-,61?,62-/m0/s1. The van der Waals surface area contributed by atoms with Gasteiger partial charge < -0.3 is 105 Å². The Morgan fingerprint density at radius 3 is 1.41 bits per heavy atom. The van der Waals surface area contributed by atoms with Crippen molar-refractivity contribution in [3.8, 4) is 5.75 Å². The molecule has 39 heteroatoms. The molecule has 0 bridgehead atoms. The molecule has 0 radical (unpaired) electrons. The van der Waals surface area contributed by atoms with Crippen molar-refractivity contribution < 1.29 is 108 Å². The van der Waals surface area contributed by atoms with Crippen LogP contribution in [0.15, 0.2) is 85.1 Å². The van der Waals surface area contributed by atoms with Crippen molar-refractivity contribution in [3.05, 3.63) is 102 Å². The van der Waals surface area contributed by atoms with Gasteiger partial charge in [-0.25, -0.2) is 4.79 Å². The molecule has 2 aliphatic rings. The summed E-state index contributed by atoms with van der Waals surface area (Å²) in [5, 5.41) is 114. The average molecular weight is 1630 g/mol. The Balaban J connectivity index is 1.22. The van der Waals surface area contributed by atoms with Crippen LogP contribution in [-0.2, 0) is 86.4 Å². The molecule has 9 amide bonds. The molecule has 2 fully saturated rings. The van der Waals surface area contributed by atoms with Crippen LogP contribution < -0.4 is 58.9 Å². The molecule has 116 heavy (non-hydrogen) atoms. The molecule has 39 nitrogen and oxygen atoms in total. The number of H-pyrrole nitrogens is 1. The van der Waals surface area contributed by atoms with E-state index in [1.54, 1.807) is 94.2 Å². The predicted octanol–water partition coefficient (Wildman–Crippen LogP) is -3.19. The summed E-state index contributed by atoms with van der Waals surface area (Å²) in [5.41, 5.74) is 7.64. The summed E-state index contributed by atoms with van der Waals surface area (Å²) in [6, 6.07) is 8.00. The number of aromatic hydroxyl groups is 1. The van der Waals surface area contributed by atoms with E-state index in [-0.39, 0.29) is 135 Å². The molecule has 2 heterocycles. The van der Waals surface area contributed by atoms with Crippen LogP contribution >= 0.6 is 0 Å². The van der Waals surface area contributed by atoms with E-state index in [9.17, 15) is 108 Å². The minimum Gasteiger partial charge on any atom is -0.508 e. The Bertz CT molecular complexity index is 3950. The number of hydrogen-bond acceptors (Lipinski definition) is 22. The Morgan fingerprint density at radius 2 is 0.914 bits per heavy atom. The topological polar surface area (TPSA) is 600 Å². The lowest BCUT2D eigenvalue weighted by molar-refractivity contribution is -0.143. The number of aliphatic carboxylic acids is 5. The van der Waals surface area contributed by atoms with Gasteiger partial charge in [0.15, 0.2) is 5.96 Å². The van der Waals surface area contributed by atoms with Crippen LogP contribution in [0, 0.1) is 23.2 Å². The van der Waals surface area contributed by atoms with Gasteiger partial charge in [0.2, 0.25) is 53.2 Å². The van der Waals surface area contributed by atoms with Gasteiger partial charge in [-0.2, -0.15) is 0 Å². The lowest BCUT2D eigenvalue weighted by Gasteiger charge is -2.33. The van der Waals surface area contributed by atoms with Gasteiger partial charge in [0, 0.05) is 102 Å². The third-order valence-corrected chi connectivity index (χ3v) is 19.9. The van der Waals surface area contributed by atoms with Crippen molar-refractivity contribution in [2.45, 2.75) is 146 Å². The van der Waals surface area contributed by atoms with Gasteiger partial charge in [-0.05, 0) is 72.4 Å². The highest BCUT2D eigenvalue weighted by atomic mass is 16.4. The van der Waals surface area contributed by atoms with Gasteiger partial charge in [0.1, 0.15) is 54.1 Å². The second-order valence-electron chi connectivity index (χ2n) is 29.6. The molecule has 1 aromatic heterocycles. The number of benzene rings is 3. The number of nitrogens with two attached hydrogens (primary N) is 1. The Morgan fingerprint density at radius 1 is 0.483 bits per heavy atom. The number of carbonyl (C=O) groups is 14. The largest absolute Gasteiger partial charge is 0.508 e. The number of aliphatic hydroxyl groups is 2. The quantitative estimate of drug-likeness (QED) is 0.0118. The number of nitrogens with zero attached hydrogens (tertiary/aromatic N) is 4. The second-order valence-corrected chi connectivity index (χ2v) is 29.6. The van der Waals surface area contributed by atoms with Crippen LogP contribution in [0.25, 0.3) is 10.9 Å². The number of carboxylic acids is 5. The van der Waals surface area contributed by atoms with Crippen LogP contribution in [0.3, 0.4) is 0 Å². The number of aliphatic hydroxyl groups excluding tert-OH is 2.